The van der Waals surface area contributed by atoms with Crippen molar-refractivity contribution in [2.24, 2.45) is 0 Å². The van der Waals surface area contributed by atoms with E-state index >= 15 is 0 Å². The predicted molar refractivity (Wildman–Crippen MR) is 104 cm³/mol. The maximum atomic E-state index is 8.11. The van der Waals surface area contributed by atoms with Gasteiger partial charge in [-0.25, -0.2) is 0 Å². The summed E-state index contributed by atoms with van der Waals surface area (Å²) in [7, 11) is 1.69. The van der Waals surface area contributed by atoms with Gasteiger partial charge in [0, 0.05) is 16.8 Å². The number of rotatable bonds is 4. The number of halogens is 1. The maximum Gasteiger partial charge on any atom is 0.193 e. The highest BCUT2D eigenvalue weighted by Gasteiger charge is 2.22. The first-order chi connectivity index (χ1) is 12.1. The van der Waals surface area contributed by atoms with E-state index in [4.69, 9.17) is 21.7 Å². The van der Waals surface area contributed by atoms with Crippen molar-refractivity contribution in [1.82, 2.24) is 5.32 Å². The summed E-state index contributed by atoms with van der Waals surface area (Å²) in [6.45, 7) is 0. The zero-order valence-corrected chi connectivity index (χ0v) is 15.1. The Kier molecular flexibility index (Phi) is 5.82. The number of hydrogen-bond acceptors (Lipinski definition) is 2. The minimum atomic E-state index is 0.343. The van der Waals surface area contributed by atoms with E-state index in [1.807, 2.05) is 36.4 Å². The van der Waals surface area contributed by atoms with Crippen LogP contribution in [0, 0.1) is 5.41 Å². The summed E-state index contributed by atoms with van der Waals surface area (Å²) in [5, 5.41) is 15.2. The average molecular weight is 358 g/mol. The molecule has 132 valence electrons. The molecule has 3 N–H and O–H groups in total. The number of methoxy groups -OCH3 is 1. The molecule has 0 radical (unpaired) electrons. The van der Waals surface area contributed by atoms with Crippen LogP contribution in [0.1, 0.15) is 37.2 Å². The molecule has 0 aliphatic heterocycles. The largest absolute Gasteiger partial charge is 0.497 e. The molecule has 0 bridgehead atoms. The van der Waals surface area contributed by atoms with E-state index in [0.717, 1.165) is 37.1 Å². The van der Waals surface area contributed by atoms with Gasteiger partial charge in [-0.2, -0.15) is 0 Å². The van der Waals surface area contributed by atoms with Crippen LogP contribution < -0.4 is 15.4 Å². The van der Waals surface area contributed by atoms with Crippen molar-refractivity contribution >= 4 is 23.2 Å². The summed E-state index contributed by atoms with van der Waals surface area (Å²) in [5.74, 6) is 1.85. The van der Waals surface area contributed by atoms with E-state index in [0.29, 0.717) is 22.9 Å². The predicted octanol–water partition coefficient (Wildman–Crippen LogP) is 5.01. The summed E-state index contributed by atoms with van der Waals surface area (Å²) >= 11 is 5.88. The SMILES string of the molecule is COc1ccc(C2CCC(NC(=N)Nc3ccc(Cl)cc3)CC2)cc1. The number of guanidine groups is 1. The lowest BCUT2D eigenvalue weighted by atomic mass is 9.82. The van der Waals surface area contributed by atoms with Gasteiger partial charge in [-0.1, -0.05) is 23.7 Å². The molecule has 2 aromatic carbocycles. The van der Waals surface area contributed by atoms with Crippen molar-refractivity contribution in [2.45, 2.75) is 37.6 Å². The molecule has 0 atom stereocenters. The fourth-order valence-corrected chi connectivity index (χ4v) is 3.49. The molecule has 1 saturated carbocycles. The Balaban J connectivity index is 1.46. The number of nitrogens with one attached hydrogen (secondary N) is 3. The van der Waals surface area contributed by atoms with Crippen molar-refractivity contribution in [3.8, 4) is 5.75 Å². The van der Waals surface area contributed by atoms with Gasteiger partial charge < -0.3 is 15.4 Å². The molecule has 1 aliphatic carbocycles. The normalized spacial score (nSPS) is 19.9. The summed E-state index contributed by atoms with van der Waals surface area (Å²) in [6, 6.07) is 16.1. The highest BCUT2D eigenvalue weighted by atomic mass is 35.5. The minimum Gasteiger partial charge on any atom is -0.497 e. The monoisotopic (exact) mass is 357 g/mol. The van der Waals surface area contributed by atoms with Gasteiger partial charge >= 0.3 is 0 Å². The van der Waals surface area contributed by atoms with Crippen molar-refractivity contribution in [2.75, 3.05) is 12.4 Å². The van der Waals surface area contributed by atoms with Gasteiger partial charge in [0.2, 0.25) is 0 Å². The summed E-state index contributed by atoms with van der Waals surface area (Å²) in [4.78, 5) is 0. The Labute approximate surface area is 154 Å². The molecule has 5 heteroatoms. The smallest absolute Gasteiger partial charge is 0.193 e. The third kappa shape index (κ3) is 4.89. The van der Waals surface area contributed by atoms with Crippen LogP contribution >= 0.6 is 11.6 Å². The molecule has 4 nitrogen and oxygen atoms in total. The zero-order valence-electron chi connectivity index (χ0n) is 14.4. The van der Waals surface area contributed by atoms with Crippen molar-refractivity contribution in [3.05, 3.63) is 59.1 Å². The topological polar surface area (TPSA) is 57.1 Å². The molecule has 0 amide bonds. The van der Waals surface area contributed by atoms with E-state index in [9.17, 15) is 0 Å². The molecule has 0 aromatic heterocycles. The van der Waals surface area contributed by atoms with Crippen LogP contribution in [-0.2, 0) is 0 Å². The van der Waals surface area contributed by atoms with E-state index in [1.54, 1.807) is 7.11 Å². The molecule has 0 saturated heterocycles. The Morgan fingerprint density at radius 1 is 1.00 bits per heavy atom. The standard InChI is InChI=1S/C20H24ClN3O/c1-25-19-12-4-15(5-13-19)14-2-8-17(9-3-14)23-20(22)24-18-10-6-16(21)7-11-18/h4-7,10-14,17H,2-3,8-9H2,1H3,(H3,22,23,24). The van der Waals surface area contributed by atoms with Crippen LogP contribution in [-0.4, -0.2) is 19.1 Å². The Hall–Kier alpha value is -2.20. The fourth-order valence-electron chi connectivity index (χ4n) is 3.36. The van der Waals surface area contributed by atoms with Gasteiger partial charge in [0.15, 0.2) is 5.96 Å². The third-order valence-electron chi connectivity index (χ3n) is 4.78. The first kappa shape index (κ1) is 17.6. The van der Waals surface area contributed by atoms with Crippen molar-refractivity contribution < 1.29 is 4.74 Å². The quantitative estimate of drug-likeness (QED) is 0.532. The molecule has 25 heavy (non-hydrogen) atoms. The van der Waals surface area contributed by atoms with Gasteiger partial charge in [-0.15, -0.1) is 0 Å². The summed E-state index contributed by atoms with van der Waals surface area (Å²) in [5.41, 5.74) is 2.25. The Morgan fingerprint density at radius 3 is 2.24 bits per heavy atom. The number of ether oxygens (including phenoxy) is 1. The second kappa shape index (κ2) is 8.26. The lowest BCUT2D eigenvalue weighted by molar-refractivity contribution is 0.372. The van der Waals surface area contributed by atoms with Gasteiger partial charge in [0.25, 0.3) is 0 Å². The van der Waals surface area contributed by atoms with Gasteiger partial charge in [0.1, 0.15) is 5.75 Å². The molecule has 0 spiro atoms. The molecule has 0 heterocycles. The fraction of sp³-hybridized carbons (Fsp3) is 0.350. The Bertz CT molecular complexity index is 692. The second-order valence-corrected chi connectivity index (χ2v) is 6.91. The first-order valence-electron chi connectivity index (χ1n) is 8.65. The summed E-state index contributed by atoms with van der Waals surface area (Å²) < 4.78 is 5.22. The lowest BCUT2D eigenvalue weighted by Gasteiger charge is -2.30. The second-order valence-electron chi connectivity index (χ2n) is 6.47. The third-order valence-corrected chi connectivity index (χ3v) is 5.03. The van der Waals surface area contributed by atoms with Crippen LogP contribution in [0.4, 0.5) is 5.69 Å². The molecular weight excluding hydrogens is 334 g/mol. The maximum absolute atomic E-state index is 8.11. The van der Waals surface area contributed by atoms with Crippen LogP contribution in [0.3, 0.4) is 0 Å². The van der Waals surface area contributed by atoms with Gasteiger partial charge in [-0.3, -0.25) is 5.41 Å². The molecule has 3 rings (SSSR count). The number of benzene rings is 2. The highest BCUT2D eigenvalue weighted by molar-refractivity contribution is 6.30. The van der Waals surface area contributed by atoms with Crippen LogP contribution in [0.2, 0.25) is 5.02 Å². The number of hydrogen-bond donors (Lipinski definition) is 3. The van der Waals surface area contributed by atoms with Crippen LogP contribution in [0.15, 0.2) is 48.5 Å². The lowest BCUT2D eigenvalue weighted by Crippen LogP contribution is -2.40. The minimum absolute atomic E-state index is 0.343. The molecule has 1 aliphatic rings. The number of anilines is 1. The molecule has 2 aromatic rings. The van der Waals surface area contributed by atoms with E-state index < -0.39 is 0 Å². The van der Waals surface area contributed by atoms with Crippen LogP contribution in [0.25, 0.3) is 0 Å². The Morgan fingerprint density at radius 2 is 1.64 bits per heavy atom. The molecule has 0 unspecified atom stereocenters. The molecule has 1 fully saturated rings. The highest BCUT2D eigenvalue weighted by Crippen LogP contribution is 2.33. The van der Waals surface area contributed by atoms with E-state index in [1.165, 1.54) is 5.56 Å². The average Bonchev–Trinajstić information content (AvgIpc) is 2.64. The summed E-state index contributed by atoms with van der Waals surface area (Å²) in [6.07, 6.45) is 4.42. The van der Waals surface area contributed by atoms with Gasteiger partial charge in [-0.05, 0) is 73.6 Å². The molecular formula is C20H24ClN3O. The van der Waals surface area contributed by atoms with Crippen molar-refractivity contribution in [1.29, 1.82) is 5.41 Å². The van der Waals surface area contributed by atoms with Crippen molar-refractivity contribution in [3.63, 3.8) is 0 Å². The van der Waals surface area contributed by atoms with Gasteiger partial charge in [0.05, 0.1) is 7.11 Å². The van der Waals surface area contributed by atoms with E-state index in [-0.39, 0.29) is 0 Å². The zero-order chi connectivity index (χ0) is 17.6. The van der Waals surface area contributed by atoms with Crippen LogP contribution in [0.5, 0.6) is 5.75 Å². The van der Waals surface area contributed by atoms with E-state index in [2.05, 4.69) is 22.8 Å². The first-order valence-corrected chi connectivity index (χ1v) is 9.03.